The summed E-state index contributed by atoms with van der Waals surface area (Å²) in [5, 5.41) is 3.10. The van der Waals surface area contributed by atoms with Crippen molar-refractivity contribution in [1.29, 1.82) is 0 Å². The monoisotopic (exact) mass is 405 g/mol. The predicted molar refractivity (Wildman–Crippen MR) is 110 cm³/mol. The Kier molecular flexibility index (Phi) is 6.69. The third-order valence-corrected chi connectivity index (χ3v) is 5.89. The molecule has 0 bridgehead atoms. The summed E-state index contributed by atoms with van der Waals surface area (Å²) in [6.07, 6.45) is 2.36. The van der Waals surface area contributed by atoms with Gasteiger partial charge in [0.2, 0.25) is 16.0 Å². The first-order chi connectivity index (χ1) is 13.5. The maximum atomic E-state index is 12.4. The van der Waals surface area contributed by atoms with Crippen LogP contribution in [0.5, 0.6) is 5.75 Å². The quantitative estimate of drug-likeness (QED) is 0.617. The Morgan fingerprint density at radius 2 is 1.82 bits per heavy atom. The number of nitrogens with zero attached hydrogens (tertiary/aromatic N) is 3. The summed E-state index contributed by atoms with van der Waals surface area (Å²) in [4.78, 5) is 11.4. The molecule has 0 spiro atoms. The summed E-state index contributed by atoms with van der Waals surface area (Å²) >= 11 is 0. The summed E-state index contributed by atoms with van der Waals surface area (Å²) in [5.41, 5.74) is 0.884. The summed E-state index contributed by atoms with van der Waals surface area (Å²) in [6, 6.07) is 8.35. The van der Waals surface area contributed by atoms with E-state index in [1.54, 1.807) is 12.1 Å². The van der Waals surface area contributed by atoms with E-state index >= 15 is 0 Å². The smallest absolute Gasteiger partial charge is 0.240 e. The molecule has 2 aromatic rings. The van der Waals surface area contributed by atoms with Crippen molar-refractivity contribution in [2.24, 2.45) is 0 Å². The number of aryl methyl sites for hydroxylation is 1. The van der Waals surface area contributed by atoms with Gasteiger partial charge in [-0.1, -0.05) is 0 Å². The van der Waals surface area contributed by atoms with Gasteiger partial charge in [-0.25, -0.2) is 18.1 Å². The first kappa shape index (κ1) is 20.3. The van der Waals surface area contributed by atoms with Crippen molar-refractivity contribution in [3.63, 3.8) is 0 Å². The molecule has 0 saturated carbocycles. The van der Waals surface area contributed by atoms with Crippen molar-refractivity contribution in [3.05, 3.63) is 36.0 Å². The predicted octanol–water partition coefficient (Wildman–Crippen LogP) is 2.17. The molecule has 1 aromatic carbocycles. The fourth-order valence-corrected chi connectivity index (χ4v) is 4.10. The van der Waals surface area contributed by atoms with Crippen LogP contribution in [0.4, 0.5) is 11.8 Å². The molecule has 1 aromatic heterocycles. The van der Waals surface area contributed by atoms with E-state index in [0.29, 0.717) is 24.8 Å². The summed E-state index contributed by atoms with van der Waals surface area (Å²) in [6.45, 7) is 6.99. The highest BCUT2D eigenvalue weighted by molar-refractivity contribution is 7.89. The van der Waals surface area contributed by atoms with Gasteiger partial charge in [0.1, 0.15) is 11.6 Å². The number of aromatic nitrogens is 2. The largest absolute Gasteiger partial charge is 0.494 e. The van der Waals surface area contributed by atoms with Crippen LogP contribution in [0.1, 0.15) is 25.5 Å². The van der Waals surface area contributed by atoms with Gasteiger partial charge < -0.3 is 15.0 Å². The zero-order valence-corrected chi connectivity index (χ0v) is 17.1. The Labute approximate surface area is 166 Å². The molecule has 1 saturated heterocycles. The van der Waals surface area contributed by atoms with Crippen LogP contribution in [0.25, 0.3) is 0 Å². The third kappa shape index (κ3) is 5.32. The van der Waals surface area contributed by atoms with Gasteiger partial charge in [0, 0.05) is 37.9 Å². The third-order valence-electron chi connectivity index (χ3n) is 4.42. The van der Waals surface area contributed by atoms with Crippen LogP contribution in [0.2, 0.25) is 0 Å². The number of ether oxygens (including phenoxy) is 1. The molecule has 2 N–H and O–H groups in total. The van der Waals surface area contributed by atoms with E-state index in [1.807, 2.05) is 19.9 Å². The first-order valence-electron chi connectivity index (χ1n) is 9.55. The molecule has 0 atom stereocenters. The average Bonchev–Trinajstić information content (AvgIpc) is 3.21. The van der Waals surface area contributed by atoms with E-state index in [0.717, 1.165) is 24.6 Å². The van der Waals surface area contributed by atoms with Crippen LogP contribution in [-0.4, -0.2) is 51.2 Å². The fourth-order valence-electron chi connectivity index (χ4n) is 3.06. The molecule has 1 aliphatic rings. The van der Waals surface area contributed by atoms with Crippen LogP contribution >= 0.6 is 0 Å². The molecule has 1 fully saturated rings. The molecule has 152 valence electrons. The SMILES string of the molecule is CCOc1ccc(S(=O)(=O)NCCNc2nc(C)cc(N3CCCC3)n2)cc1. The van der Waals surface area contributed by atoms with Crippen molar-refractivity contribution in [3.8, 4) is 5.75 Å². The summed E-state index contributed by atoms with van der Waals surface area (Å²) in [7, 11) is -3.57. The lowest BCUT2D eigenvalue weighted by Gasteiger charge is -2.17. The standard InChI is InChI=1S/C19H27N5O3S/c1-3-27-16-6-8-17(9-7-16)28(25,26)21-11-10-20-19-22-15(2)14-18(23-19)24-12-4-5-13-24/h6-9,14,21H,3-5,10-13H2,1-2H3,(H,20,22,23). The Bertz CT molecular complexity index is 881. The van der Waals surface area contributed by atoms with E-state index in [-0.39, 0.29) is 11.4 Å². The zero-order valence-electron chi connectivity index (χ0n) is 16.3. The van der Waals surface area contributed by atoms with Gasteiger partial charge in [-0.3, -0.25) is 0 Å². The number of sulfonamides is 1. The van der Waals surface area contributed by atoms with Crippen molar-refractivity contribution in [2.75, 3.05) is 43.0 Å². The molecule has 2 heterocycles. The van der Waals surface area contributed by atoms with E-state index in [4.69, 9.17) is 4.74 Å². The number of nitrogens with one attached hydrogen (secondary N) is 2. The number of hydrogen-bond donors (Lipinski definition) is 2. The first-order valence-corrected chi connectivity index (χ1v) is 11.0. The van der Waals surface area contributed by atoms with Crippen LogP contribution in [0, 0.1) is 6.92 Å². The fraction of sp³-hybridized carbons (Fsp3) is 0.474. The molecule has 0 aliphatic carbocycles. The molecular formula is C19H27N5O3S. The van der Waals surface area contributed by atoms with Gasteiger partial charge in [0.15, 0.2) is 0 Å². The van der Waals surface area contributed by atoms with Gasteiger partial charge in [0.25, 0.3) is 0 Å². The van der Waals surface area contributed by atoms with E-state index in [9.17, 15) is 8.42 Å². The Morgan fingerprint density at radius 3 is 2.50 bits per heavy atom. The molecule has 8 nitrogen and oxygen atoms in total. The highest BCUT2D eigenvalue weighted by Gasteiger charge is 2.16. The second-order valence-corrected chi connectivity index (χ2v) is 8.38. The summed E-state index contributed by atoms with van der Waals surface area (Å²) in [5.74, 6) is 2.08. The average molecular weight is 406 g/mol. The molecule has 0 radical (unpaired) electrons. The van der Waals surface area contributed by atoms with Gasteiger partial charge in [-0.2, -0.15) is 4.98 Å². The summed E-state index contributed by atoms with van der Waals surface area (Å²) < 4.78 is 32.7. The Balaban J connectivity index is 1.53. The number of rotatable bonds is 9. The highest BCUT2D eigenvalue weighted by Crippen LogP contribution is 2.20. The molecule has 9 heteroatoms. The minimum absolute atomic E-state index is 0.207. The zero-order chi connectivity index (χ0) is 20.0. The molecule has 0 amide bonds. The van der Waals surface area contributed by atoms with Gasteiger partial charge in [-0.05, 0) is 51.0 Å². The Morgan fingerprint density at radius 1 is 1.11 bits per heavy atom. The number of benzene rings is 1. The van der Waals surface area contributed by atoms with Gasteiger partial charge in [0.05, 0.1) is 11.5 Å². The van der Waals surface area contributed by atoms with Gasteiger partial charge in [-0.15, -0.1) is 0 Å². The second-order valence-electron chi connectivity index (χ2n) is 6.61. The number of anilines is 2. The lowest BCUT2D eigenvalue weighted by atomic mass is 10.3. The topological polar surface area (TPSA) is 96.5 Å². The number of hydrogen-bond acceptors (Lipinski definition) is 7. The van der Waals surface area contributed by atoms with Crippen molar-refractivity contribution < 1.29 is 13.2 Å². The highest BCUT2D eigenvalue weighted by atomic mass is 32.2. The van der Waals surface area contributed by atoms with E-state index < -0.39 is 10.0 Å². The van der Waals surface area contributed by atoms with Crippen LogP contribution in [0.3, 0.4) is 0 Å². The maximum absolute atomic E-state index is 12.4. The minimum atomic E-state index is -3.57. The molecule has 0 unspecified atom stereocenters. The van der Waals surface area contributed by atoms with Gasteiger partial charge >= 0.3 is 0 Å². The van der Waals surface area contributed by atoms with Crippen LogP contribution in [0.15, 0.2) is 35.2 Å². The van der Waals surface area contributed by atoms with Crippen molar-refractivity contribution in [2.45, 2.75) is 31.6 Å². The minimum Gasteiger partial charge on any atom is -0.494 e. The normalized spacial score (nSPS) is 14.3. The van der Waals surface area contributed by atoms with Crippen molar-refractivity contribution >= 4 is 21.8 Å². The maximum Gasteiger partial charge on any atom is 0.240 e. The second kappa shape index (κ2) is 9.20. The van der Waals surface area contributed by atoms with Crippen LogP contribution < -0.4 is 19.7 Å². The molecule has 3 rings (SSSR count). The lowest BCUT2D eigenvalue weighted by molar-refractivity contribution is 0.340. The van der Waals surface area contributed by atoms with Crippen LogP contribution in [-0.2, 0) is 10.0 Å². The van der Waals surface area contributed by atoms with E-state index in [1.165, 1.54) is 25.0 Å². The molecule has 28 heavy (non-hydrogen) atoms. The van der Waals surface area contributed by atoms with Crippen molar-refractivity contribution in [1.82, 2.24) is 14.7 Å². The lowest BCUT2D eigenvalue weighted by Crippen LogP contribution is -2.29. The van der Waals surface area contributed by atoms with E-state index in [2.05, 4.69) is 24.9 Å². The Hall–Kier alpha value is -2.39. The molecular weight excluding hydrogens is 378 g/mol. The molecule has 1 aliphatic heterocycles.